The number of halogens is 5. The summed E-state index contributed by atoms with van der Waals surface area (Å²) in [6.45, 7) is 29.4. The minimum atomic E-state index is -4.31. The molecule has 6 N–H and O–H groups in total. The Labute approximate surface area is 415 Å². The van der Waals surface area contributed by atoms with E-state index in [-0.39, 0.29) is 82.7 Å². The zero-order chi connectivity index (χ0) is 58.2. The quantitative estimate of drug-likeness (QED) is 0.0706. The van der Waals surface area contributed by atoms with E-state index in [0.717, 1.165) is 0 Å². The lowest BCUT2D eigenvalue weighted by molar-refractivity contribution is -0.140. The summed E-state index contributed by atoms with van der Waals surface area (Å²) in [5.74, 6) is -0.474. The number of carbonyl (C=O) groups is 8. The highest BCUT2D eigenvalue weighted by molar-refractivity contribution is 5.80. The van der Waals surface area contributed by atoms with Crippen LogP contribution >= 0.6 is 0 Å². The molecule has 0 aliphatic heterocycles. The maximum Gasteiger partial charge on any atom is 0.405 e. The van der Waals surface area contributed by atoms with Crippen molar-refractivity contribution in [3.63, 3.8) is 0 Å². The van der Waals surface area contributed by atoms with E-state index < -0.39 is 44.0 Å². The third-order valence-electron chi connectivity index (χ3n) is 7.81. The predicted octanol–water partition coefficient (Wildman–Crippen LogP) is 6.80. The van der Waals surface area contributed by atoms with Crippen LogP contribution in [0.2, 0.25) is 0 Å². The molecule has 0 aromatic heterocycles. The standard InChI is InChI=1S/C7H15NO2.C7H13NO.C6H10F3NO.C6H11F2NO.2C6H13NO.C5H11NO.C5H10O/c1-6(2)7(9)8-4-5-10-3;1-5(2)7(9)8-6-3-4-6;1-4(2)5(11)10-3-6(7,8)9;1-4(2)6(10)9-3-5(7)8;1-5(2)6(8)7(3)4;1-4-7-6(8)5(2)3;1-4(2)5(7)6-3;1-4(2)5(3)6/h6H,4-5H2,1-3H3,(H,8,9);5-6H,3-4H2,1-2H3,(H,8,9);4H,3H2,1-2H3,(H,10,11);4-5H,3H2,1-2H3,(H,9,10);5H,1-4H3;5H,4H2,1-3H3,(H,7,8);4H,1-3H3,(H,6,7);4H,1-3H3/i;;;;;4D2;;. The highest BCUT2D eigenvalue weighted by atomic mass is 19.4. The molecule has 0 radical (unpaired) electrons. The number of amides is 7. The second-order valence-corrected chi connectivity index (χ2v) is 18.0. The van der Waals surface area contributed by atoms with Crippen LogP contribution in [0.3, 0.4) is 0 Å². The predicted molar refractivity (Wildman–Crippen MR) is 265 cm³/mol. The number of Topliss-reactive ketones (excluding diaryl/α,β-unsaturated/α-hetero) is 1. The molecule has 69 heavy (non-hydrogen) atoms. The first-order valence-electron chi connectivity index (χ1n) is 24.2. The van der Waals surface area contributed by atoms with E-state index in [2.05, 4.69) is 26.6 Å². The number of rotatable bonds is 16. The molecule has 0 heterocycles. The fraction of sp³-hybridized carbons (Fsp3) is 0.833. The molecule has 1 aliphatic rings. The molecule has 1 fully saturated rings. The van der Waals surface area contributed by atoms with Crippen LogP contribution in [0.15, 0.2) is 0 Å². The lowest BCUT2D eigenvalue weighted by atomic mass is 10.1. The van der Waals surface area contributed by atoms with Crippen molar-refractivity contribution in [2.75, 3.05) is 61.0 Å². The molecule has 0 unspecified atom stereocenters. The van der Waals surface area contributed by atoms with E-state index in [0.29, 0.717) is 19.2 Å². The molecule has 412 valence electrons. The smallest absolute Gasteiger partial charge is 0.383 e. The molecule has 0 saturated heterocycles. The van der Waals surface area contributed by atoms with Crippen molar-refractivity contribution in [2.45, 2.75) is 156 Å². The maximum absolute atomic E-state index is 11.5. The van der Waals surface area contributed by atoms with Gasteiger partial charge >= 0.3 is 6.18 Å². The Kier molecular flexibility index (Phi) is 50.4. The van der Waals surface area contributed by atoms with Crippen LogP contribution in [0.1, 0.15) is 140 Å². The number of ketones is 1. The van der Waals surface area contributed by atoms with Crippen molar-refractivity contribution in [1.82, 2.24) is 36.8 Å². The van der Waals surface area contributed by atoms with Crippen LogP contribution in [0.4, 0.5) is 22.0 Å². The summed E-state index contributed by atoms with van der Waals surface area (Å²) >= 11 is 0. The first-order chi connectivity index (χ1) is 31.9. The Bertz CT molecular complexity index is 1450. The van der Waals surface area contributed by atoms with Crippen LogP contribution in [0.5, 0.6) is 0 Å². The molecular weight excluding hydrogens is 914 g/mol. The average molecular weight is 1010 g/mol. The fourth-order valence-electron chi connectivity index (χ4n) is 2.92. The monoisotopic (exact) mass is 1010 g/mol. The lowest BCUT2D eigenvalue weighted by Crippen LogP contribution is -2.36. The molecule has 0 aromatic carbocycles. The molecule has 21 heteroatoms. The van der Waals surface area contributed by atoms with E-state index in [1.165, 1.54) is 33.6 Å². The van der Waals surface area contributed by atoms with Crippen molar-refractivity contribution in [2.24, 2.45) is 47.3 Å². The van der Waals surface area contributed by atoms with Crippen molar-refractivity contribution in [1.29, 1.82) is 0 Å². The highest BCUT2D eigenvalue weighted by Crippen LogP contribution is 2.19. The average Bonchev–Trinajstić information content (AvgIpc) is 4.05. The molecule has 0 atom stereocenters. The summed E-state index contributed by atoms with van der Waals surface area (Å²) in [6.07, 6.45) is -4.41. The van der Waals surface area contributed by atoms with Gasteiger partial charge in [0.25, 0.3) is 6.43 Å². The van der Waals surface area contributed by atoms with E-state index >= 15 is 0 Å². The SMILES string of the molecule is CC(=O)C(C)C.CC(C)C(=O)N(C)C.CC(C)C(=O)NC1CC1.CC(C)C(=O)NCC(F)(F)F.CC(C)C(=O)NCC(F)F.CNC(=O)C(C)C.COCCNC(=O)C(C)C.[2H]C([2H])(C)NC(=O)C(C)C. The summed E-state index contributed by atoms with van der Waals surface area (Å²) in [4.78, 5) is 86.6. The van der Waals surface area contributed by atoms with Gasteiger partial charge in [0.15, 0.2) is 0 Å². The van der Waals surface area contributed by atoms with Crippen molar-refractivity contribution in [3.8, 4) is 0 Å². The van der Waals surface area contributed by atoms with Crippen LogP contribution in [-0.4, -0.2) is 132 Å². The Morgan fingerprint density at radius 1 is 0.594 bits per heavy atom. The van der Waals surface area contributed by atoms with Crippen molar-refractivity contribution < 1.29 is 67.8 Å². The van der Waals surface area contributed by atoms with E-state index in [1.807, 2.05) is 69.2 Å². The second kappa shape index (κ2) is 47.3. The highest BCUT2D eigenvalue weighted by Gasteiger charge is 2.28. The number of carbonyl (C=O) groups excluding carboxylic acids is 8. The Morgan fingerprint density at radius 3 is 1.14 bits per heavy atom. The van der Waals surface area contributed by atoms with Crippen molar-refractivity contribution >= 4 is 47.1 Å². The van der Waals surface area contributed by atoms with Gasteiger partial charge in [-0.05, 0) is 26.7 Å². The number of ether oxygens (including phenoxy) is 1. The third-order valence-corrected chi connectivity index (χ3v) is 7.81. The number of nitrogens with zero attached hydrogens (tertiary/aromatic N) is 1. The summed E-state index contributed by atoms with van der Waals surface area (Å²) in [6, 6.07) is 0.514. The zero-order valence-corrected chi connectivity index (χ0v) is 46.0. The van der Waals surface area contributed by atoms with Gasteiger partial charge in [-0.15, -0.1) is 0 Å². The third kappa shape index (κ3) is 67.9. The van der Waals surface area contributed by atoms with Crippen LogP contribution in [-0.2, 0) is 43.1 Å². The Morgan fingerprint density at radius 2 is 0.942 bits per heavy atom. The first kappa shape index (κ1) is 73.5. The summed E-state index contributed by atoms with van der Waals surface area (Å²) in [7, 11) is 6.79. The van der Waals surface area contributed by atoms with Gasteiger partial charge < -0.3 is 41.5 Å². The van der Waals surface area contributed by atoms with E-state index in [1.54, 1.807) is 73.1 Å². The van der Waals surface area contributed by atoms with Crippen LogP contribution in [0, 0.1) is 47.3 Å². The first-order valence-corrected chi connectivity index (χ1v) is 23.2. The minimum absolute atomic E-state index is 0.0665. The van der Waals surface area contributed by atoms with Gasteiger partial charge in [0.05, 0.1) is 13.2 Å². The Hall–Kier alpha value is -4.43. The summed E-state index contributed by atoms with van der Waals surface area (Å²) in [5.41, 5.74) is 0. The summed E-state index contributed by atoms with van der Waals surface area (Å²) in [5, 5.41) is 14.2. The molecule has 1 aliphatic carbocycles. The van der Waals surface area contributed by atoms with E-state index in [4.69, 9.17) is 7.48 Å². The molecule has 1 saturated carbocycles. The molecule has 16 nitrogen and oxygen atoms in total. The molecule has 7 amide bonds. The summed E-state index contributed by atoms with van der Waals surface area (Å²) < 4.78 is 76.0. The second-order valence-electron chi connectivity index (χ2n) is 18.0. The van der Waals surface area contributed by atoms with E-state index in [9.17, 15) is 60.3 Å². The number of alkyl halides is 5. The zero-order valence-electron chi connectivity index (χ0n) is 48.0. The largest absolute Gasteiger partial charge is 0.405 e. The normalized spacial score (nSPS) is 11.8. The molecule has 0 spiro atoms. The van der Waals surface area contributed by atoms with Gasteiger partial charge in [-0.2, -0.15) is 13.2 Å². The number of hydrogen-bond acceptors (Lipinski definition) is 9. The fourth-order valence-corrected chi connectivity index (χ4v) is 2.92. The number of hydrogen-bond donors (Lipinski definition) is 6. The van der Waals surface area contributed by atoms with Gasteiger partial charge in [0.1, 0.15) is 12.3 Å². The lowest BCUT2D eigenvalue weighted by Gasteiger charge is -2.11. The number of nitrogens with one attached hydrogen (secondary N) is 6. The van der Waals surface area contributed by atoms with Gasteiger partial charge in [0, 0.05) is 97.4 Å². The van der Waals surface area contributed by atoms with Gasteiger partial charge in [-0.25, -0.2) is 8.78 Å². The van der Waals surface area contributed by atoms with Crippen LogP contribution in [0.25, 0.3) is 0 Å². The Balaban J connectivity index is -0.000000133. The van der Waals surface area contributed by atoms with Gasteiger partial charge in [0.2, 0.25) is 41.4 Å². The molecule has 1 rings (SSSR count). The molecular formula is C48H96F5N7O9. The van der Waals surface area contributed by atoms with Gasteiger partial charge in [-0.1, -0.05) is 111 Å². The van der Waals surface area contributed by atoms with Crippen LogP contribution < -0.4 is 31.9 Å². The minimum Gasteiger partial charge on any atom is -0.383 e. The molecule has 0 aromatic rings. The molecule has 0 bridgehead atoms. The van der Waals surface area contributed by atoms with Gasteiger partial charge in [-0.3, -0.25) is 38.4 Å². The number of methoxy groups -OCH3 is 1. The maximum atomic E-state index is 11.5. The topological polar surface area (TPSA) is 221 Å². The van der Waals surface area contributed by atoms with Crippen molar-refractivity contribution in [3.05, 3.63) is 0 Å².